The number of rotatable bonds is 4. The van der Waals surface area contributed by atoms with E-state index in [1.54, 1.807) is 16.8 Å². The Labute approximate surface area is 248 Å². The summed E-state index contributed by atoms with van der Waals surface area (Å²) in [5.41, 5.74) is 1.42. The summed E-state index contributed by atoms with van der Waals surface area (Å²) in [6.07, 6.45) is 9.15. The number of hydrogen-bond acceptors (Lipinski definition) is 7. The van der Waals surface area contributed by atoms with Gasteiger partial charge in [-0.05, 0) is 97.1 Å². The first-order chi connectivity index (χ1) is 20.0. The molecule has 0 radical (unpaired) electrons. The van der Waals surface area contributed by atoms with E-state index in [9.17, 15) is 19.1 Å². The molecule has 3 fully saturated rings. The van der Waals surface area contributed by atoms with Gasteiger partial charge in [0.1, 0.15) is 0 Å². The smallest absolute Gasteiger partial charge is 0.375 e. The predicted molar refractivity (Wildman–Crippen MR) is 154 cm³/mol. The molecule has 0 bridgehead atoms. The summed E-state index contributed by atoms with van der Waals surface area (Å²) in [5.74, 6) is -0.860. The summed E-state index contributed by atoms with van der Waals surface area (Å²) in [6, 6.07) is 6.12. The van der Waals surface area contributed by atoms with Crippen molar-refractivity contribution in [2.45, 2.75) is 64.6 Å². The molecule has 3 aromatic heterocycles. The number of aromatic nitrogens is 3. The molecule has 0 aromatic carbocycles. The summed E-state index contributed by atoms with van der Waals surface area (Å²) in [4.78, 5) is 30.1. The minimum absolute atomic E-state index is 0.0359. The fourth-order valence-electron chi connectivity index (χ4n) is 9.48. The first kappa shape index (κ1) is 27.6. The third kappa shape index (κ3) is 3.70. The molecule has 220 valence electrons. The largest absolute Gasteiger partial charge is 0.457 e. The number of furan rings is 1. The number of carbonyl (C=O) groups excluding carboxylic acids is 2. The Bertz CT molecular complexity index is 1600. The molecule has 10 heteroatoms. The summed E-state index contributed by atoms with van der Waals surface area (Å²) in [5, 5.41) is 16.2. The maximum absolute atomic E-state index is 13.5. The molecule has 4 aliphatic carbocycles. The highest BCUT2D eigenvalue weighted by Gasteiger charge is 2.70. The molecule has 7 rings (SSSR count). The zero-order valence-electron chi connectivity index (χ0n) is 23.8. The number of fused-ring (bicyclic) bond motifs is 6. The highest BCUT2D eigenvalue weighted by Crippen LogP contribution is 2.69. The van der Waals surface area contributed by atoms with E-state index in [-0.39, 0.29) is 34.8 Å². The first-order valence-corrected chi connectivity index (χ1v) is 15.0. The molecule has 4 aliphatic rings. The third-order valence-electron chi connectivity index (χ3n) is 11.2. The molecular formula is C32H34FN3O5S. The standard InChI is InChI=1S/C32H34FN3O5S/c1-17-11-20-21-8-9-32(29(39)42,41-28(38)25-5-4-10-40-25)31(21,3)14-24(37)27(20)30(2)13-18-15-35-36(23(18)12-22(17)30)19-6-7-26(33)34-16-19/h4-7,10,12,15-17,20-21,24,27,37H,8-9,11,13-14H2,1-3H3,(H,39,42)/t17-,20-,21-,24-,27+,30-,31-,32-/m0/s1. The minimum Gasteiger partial charge on any atom is -0.457 e. The lowest BCUT2D eigenvalue weighted by atomic mass is 9.44. The maximum atomic E-state index is 13.5. The van der Waals surface area contributed by atoms with Crippen LogP contribution in [0.1, 0.15) is 68.3 Å². The molecule has 1 N–H and O–H groups in total. The SMILES string of the molecule is C[C@H]1C[C@@H]2[C@H]([C@@H](O)C[C@@]3(C)[C@H]2CC[C@]3(OC(=O)c2ccco2)C(=O)S)[C@@]2(C)Cc3cnn(-c4ccc(F)nc4)c3C=C12. The molecule has 8 atom stereocenters. The van der Waals surface area contributed by atoms with Gasteiger partial charge in [0.2, 0.25) is 16.8 Å². The van der Waals surface area contributed by atoms with Gasteiger partial charge in [0, 0.05) is 5.41 Å². The number of thiol groups is 1. The van der Waals surface area contributed by atoms with Gasteiger partial charge in [0.05, 0.1) is 36.1 Å². The molecule has 3 saturated carbocycles. The fourth-order valence-corrected chi connectivity index (χ4v) is 9.89. The number of pyridine rings is 1. The van der Waals surface area contributed by atoms with E-state index >= 15 is 0 Å². The molecule has 3 aromatic rings. The van der Waals surface area contributed by atoms with E-state index in [1.807, 2.05) is 13.1 Å². The number of aliphatic hydroxyl groups is 1. The number of nitrogens with zero attached hydrogens (tertiary/aromatic N) is 3. The molecule has 42 heavy (non-hydrogen) atoms. The minimum atomic E-state index is -1.46. The molecule has 8 nitrogen and oxygen atoms in total. The Morgan fingerprint density at radius 1 is 1.24 bits per heavy atom. The topological polar surface area (TPSA) is 107 Å². The summed E-state index contributed by atoms with van der Waals surface area (Å²) < 4.78 is 26.6. The van der Waals surface area contributed by atoms with Gasteiger partial charge in [-0.15, -0.1) is 12.6 Å². The van der Waals surface area contributed by atoms with Gasteiger partial charge in [0.15, 0.2) is 5.60 Å². The lowest BCUT2D eigenvalue weighted by Crippen LogP contribution is -2.63. The van der Waals surface area contributed by atoms with Crippen molar-refractivity contribution in [2.24, 2.45) is 34.5 Å². The average Bonchev–Trinajstić information content (AvgIpc) is 3.67. The van der Waals surface area contributed by atoms with Crippen LogP contribution in [0.4, 0.5) is 4.39 Å². The second-order valence-corrected chi connectivity index (χ2v) is 13.6. The zero-order valence-corrected chi connectivity index (χ0v) is 24.7. The van der Waals surface area contributed by atoms with Crippen LogP contribution in [-0.2, 0) is 16.0 Å². The normalized spacial score (nSPS) is 36.7. The van der Waals surface area contributed by atoms with Gasteiger partial charge in [0.25, 0.3) is 0 Å². The third-order valence-corrected chi connectivity index (χ3v) is 11.5. The Morgan fingerprint density at radius 3 is 2.74 bits per heavy atom. The van der Waals surface area contributed by atoms with Gasteiger partial charge in [-0.2, -0.15) is 9.49 Å². The van der Waals surface area contributed by atoms with Crippen LogP contribution in [0.25, 0.3) is 11.8 Å². The van der Waals surface area contributed by atoms with Crippen molar-refractivity contribution >= 4 is 29.8 Å². The van der Waals surface area contributed by atoms with Gasteiger partial charge in [-0.1, -0.05) is 26.3 Å². The summed E-state index contributed by atoms with van der Waals surface area (Å²) in [7, 11) is 0. The first-order valence-electron chi connectivity index (χ1n) is 14.6. The van der Waals surface area contributed by atoms with E-state index in [4.69, 9.17) is 9.15 Å². The molecule has 0 spiro atoms. The number of allylic oxidation sites excluding steroid dienone is 1. The Balaban J connectivity index is 1.25. The number of aliphatic hydroxyl groups excluding tert-OH is 1. The van der Waals surface area contributed by atoms with Crippen molar-refractivity contribution in [1.82, 2.24) is 14.8 Å². The fraction of sp³-hybridized carbons (Fsp3) is 0.500. The van der Waals surface area contributed by atoms with Gasteiger partial charge in [-0.3, -0.25) is 4.79 Å². The number of ether oxygens (including phenoxy) is 1. The van der Waals surface area contributed by atoms with Crippen LogP contribution in [0, 0.1) is 40.4 Å². The highest BCUT2D eigenvalue weighted by atomic mass is 32.1. The van der Waals surface area contributed by atoms with E-state index in [1.165, 1.54) is 30.2 Å². The van der Waals surface area contributed by atoms with Crippen molar-refractivity contribution in [3.63, 3.8) is 0 Å². The summed E-state index contributed by atoms with van der Waals surface area (Å²) in [6.45, 7) is 6.47. The Hall–Kier alpha value is -3.24. The van der Waals surface area contributed by atoms with Crippen LogP contribution in [-0.4, -0.2) is 42.7 Å². The van der Waals surface area contributed by atoms with E-state index in [0.717, 1.165) is 17.7 Å². The monoisotopic (exact) mass is 591 g/mol. The number of hydrogen-bond donors (Lipinski definition) is 2. The van der Waals surface area contributed by atoms with Crippen molar-refractivity contribution in [3.05, 3.63) is 71.5 Å². The molecular weight excluding hydrogens is 557 g/mol. The highest BCUT2D eigenvalue weighted by molar-refractivity contribution is 7.96. The van der Waals surface area contributed by atoms with Crippen molar-refractivity contribution < 1.29 is 28.2 Å². The average molecular weight is 592 g/mol. The zero-order chi connectivity index (χ0) is 29.6. The van der Waals surface area contributed by atoms with E-state index < -0.39 is 34.2 Å². The Kier molecular flexibility index (Phi) is 6.16. The van der Waals surface area contributed by atoms with Crippen molar-refractivity contribution in [1.29, 1.82) is 0 Å². The van der Waals surface area contributed by atoms with Crippen LogP contribution in [0.15, 0.2) is 52.9 Å². The molecule has 0 aliphatic heterocycles. The van der Waals surface area contributed by atoms with Crippen LogP contribution in [0.5, 0.6) is 0 Å². The van der Waals surface area contributed by atoms with Crippen molar-refractivity contribution in [3.8, 4) is 5.69 Å². The maximum Gasteiger partial charge on any atom is 0.375 e. The lowest BCUT2D eigenvalue weighted by Gasteiger charge is -2.61. The lowest BCUT2D eigenvalue weighted by molar-refractivity contribution is -0.177. The van der Waals surface area contributed by atoms with Gasteiger partial charge in [-0.25, -0.2) is 14.5 Å². The van der Waals surface area contributed by atoms with Gasteiger partial charge >= 0.3 is 5.97 Å². The Morgan fingerprint density at radius 2 is 2.05 bits per heavy atom. The molecule has 0 unspecified atom stereocenters. The van der Waals surface area contributed by atoms with Gasteiger partial charge < -0.3 is 14.3 Å². The summed E-state index contributed by atoms with van der Waals surface area (Å²) >= 11 is 4.28. The van der Waals surface area contributed by atoms with Crippen molar-refractivity contribution in [2.75, 3.05) is 0 Å². The van der Waals surface area contributed by atoms with Crippen LogP contribution >= 0.6 is 12.6 Å². The van der Waals surface area contributed by atoms with Crippen LogP contribution < -0.4 is 0 Å². The van der Waals surface area contributed by atoms with E-state index in [0.29, 0.717) is 31.4 Å². The predicted octanol–water partition coefficient (Wildman–Crippen LogP) is 5.45. The molecule has 0 saturated heterocycles. The van der Waals surface area contributed by atoms with Crippen LogP contribution in [0.3, 0.4) is 0 Å². The van der Waals surface area contributed by atoms with E-state index in [2.05, 4.69) is 42.6 Å². The molecule has 3 heterocycles. The second kappa shape index (κ2) is 9.38. The van der Waals surface area contributed by atoms with Crippen LogP contribution in [0.2, 0.25) is 0 Å². The second-order valence-electron chi connectivity index (χ2n) is 13.2. The number of carbonyl (C=O) groups is 2. The molecule has 0 amide bonds. The number of esters is 1. The quantitative estimate of drug-likeness (QED) is 0.236. The number of halogens is 1.